The number of rotatable bonds is 3. The van der Waals surface area contributed by atoms with Crippen molar-refractivity contribution in [3.05, 3.63) is 29.8 Å². The molecular formula is C9H8N6S. The minimum atomic E-state index is 0.262. The molecule has 0 saturated heterocycles. The lowest BCUT2D eigenvalue weighted by Gasteiger charge is -2.01. The molecule has 2 rings (SSSR count). The van der Waals surface area contributed by atoms with Gasteiger partial charge >= 0.3 is 0 Å². The number of aromatic nitrogens is 3. The second kappa shape index (κ2) is 4.55. The maximum absolute atomic E-state index is 8.86. The fourth-order valence-electron chi connectivity index (χ4n) is 1.12. The third-order valence-electron chi connectivity index (χ3n) is 1.90. The topological polar surface area (TPSA) is 101 Å². The van der Waals surface area contributed by atoms with Crippen LogP contribution >= 0.6 is 11.5 Å². The maximum atomic E-state index is 8.86. The lowest BCUT2D eigenvalue weighted by molar-refractivity contribution is 1.01. The number of hydrogen-bond acceptors (Lipinski definition) is 7. The van der Waals surface area contributed by atoms with Crippen LogP contribution in [0.25, 0.3) is 0 Å². The van der Waals surface area contributed by atoms with Gasteiger partial charge in [-0.1, -0.05) is 0 Å². The van der Waals surface area contributed by atoms with Crippen LogP contribution in [0.1, 0.15) is 11.3 Å². The molecule has 0 fully saturated rings. The molecule has 6 nitrogen and oxygen atoms in total. The Hall–Kier alpha value is -2.20. The quantitative estimate of drug-likeness (QED) is 0.818. The van der Waals surface area contributed by atoms with Crippen molar-refractivity contribution >= 4 is 22.4 Å². The first-order valence-electron chi connectivity index (χ1n) is 4.45. The van der Waals surface area contributed by atoms with Gasteiger partial charge in [0.2, 0.25) is 0 Å². The highest BCUT2D eigenvalue weighted by molar-refractivity contribution is 7.10. The highest BCUT2D eigenvalue weighted by atomic mass is 32.1. The van der Waals surface area contributed by atoms with Crippen LogP contribution in [0.2, 0.25) is 0 Å². The van der Waals surface area contributed by atoms with Gasteiger partial charge in [-0.15, -0.1) is 0 Å². The first-order valence-corrected chi connectivity index (χ1v) is 5.22. The van der Waals surface area contributed by atoms with Gasteiger partial charge in [-0.3, -0.25) is 0 Å². The number of hydrogen-bond donors (Lipinski definition) is 2. The average Bonchev–Trinajstić information content (AvgIpc) is 2.68. The predicted octanol–water partition coefficient (Wildman–Crippen LogP) is 0.999. The molecule has 2 heterocycles. The summed E-state index contributed by atoms with van der Waals surface area (Å²) >= 11 is 1.17. The van der Waals surface area contributed by atoms with Gasteiger partial charge in [-0.25, -0.2) is 9.97 Å². The highest BCUT2D eigenvalue weighted by Gasteiger charge is 2.10. The Morgan fingerprint density at radius 2 is 2.44 bits per heavy atom. The number of nitrogen functional groups attached to an aromatic ring is 1. The summed E-state index contributed by atoms with van der Waals surface area (Å²) in [6, 6.07) is 3.80. The molecule has 7 heteroatoms. The molecule has 0 aliphatic carbocycles. The van der Waals surface area contributed by atoms with E-state index in [1.807, 2.05) is 6.07 Å². The Morgan fingerprint density at radius 1 is 1.56 bits per heavy atom. The first-order chi connectivity index (χ1) is 7.81. The van der Waals surface area contributed by atoms with Crippen LogP contribution in [0.15, 0.2) is 18.6 Å². The molecule has 0 aliphatic heterocycles. The molecule has 2 aromatic heterocycles. The zero-order chi connectivity index (χ0) is 11.4. The smallest absolute Gasteiger partial charge is 0.157 e. The van der Waals surface area contributed by atoms with Crippen LogP contribution in [0.3, 0.4) is 0 Å². The van der Waals surface area contributed by atoms with E-state index in [1.54, 1.807) is 12.3 Å². The van der Waals surface area contributed by atoms with Gasteiger partial charge in [0.05, 0.1) is 12.2 Å². The molecule has 0 atom stereocenters. The fourth-order valence-corrected chi connectivity index (χ4v) is 1.78. The summed E-state index contributed by atoms with van der Waals surface area (Å²) < 4.78 is 3.90. The summed E-state index contributed by atoms with van der Waals surface area (Å²) in [5.74, 6) is 0.262. The van der Waals surface area contributed by atoms with E-state index in [4.69, 9.17) is 11.0 Å². The van der Waals surface area contributed by atoms with Crippen molar-refractivity contribution in [3.63, 3.8) is 0 Å². The molecule has 0 aliphatic rings. The fraction of sp³-hybridized carbons (Fsp3) is 0.111. The zero-order valence-electron chi connectivity index (χ0n) is 8.21. The van der Waals surface area contributed by atoms with Crippen molar-refractivity contribution in [2.24, 2.45) is 0 Å². The number of nitrogens with zero attached hydrogens (tertiary/aromatic N) is 4. The summed E-state index contributed by atoms with van der Waals surface area (Å²) in [5.41, 5.74) is 6.76. The largest absolute Gasteiger partial charge is 0.382 e. The van der Waals surface area contributed by atoms with Crippen LogP contribution in [-0.2, 0) is 6.54 Å². The van der Waals surface area contributed by atoms with Gasteiger partial charge in [-0.2, -0.15) is 9.64 Å². The average molecular weight is 232 g/mol. The molecular weight excluding hydrogens is 224 g/mol. The number of anilines is 2. The number of nitrogens with one attached hydrogen (secondary N) is 1. The van der Waals surface area contributed by atoms with Crippen molar-refractivity contribution < 1.29 is 0 Å². The Morgan fingerprint density at radius 3 is 3.12 bits per heavy atom. The van der Waals surface area contributed by atoms with Gasteiger partial charge in [0.25, 0.3) is 0 Å². The van der Waals surface area contributed by atoms with E-state index in [9.17, 15) is 0 Å². The van der Waals surface area contributed by atoms with Crippen LogP contribution in [0.4, 0.5) is 10.8 Å². The van der Waals surface area contributed by atoms with Gasteiger partial charge < -0.3 is 11.1 Å². The van der Waals surface area contributed by atoms with Crippen LogP contribution in [-0.4, -0.2) is 14.3 Å². The van der Waals surface area contributed by atoms with Crippen molar-refractivity contribution in [1.82, 2.24) is 14.3 Å². The van der Waals surface area contributed by atoms with Crippen molar-refractivity contribution in [3.8, 4) is 6.07 Å². The summed E-state index contributed by atoms with van der Waals surface area (Å²) in [5, 5.41) is 12.6. The summed E-state index contributed by atoms with van der Waals surface area (Å²) in [4.78, 5) is 7.87. The normalized spacial score (nSPS) is 9.69. The molecule has 0 bridgehead atoms. The van der Waals surface area contributed by atoms with E-state index in [0.717, 1.165) is 5.69 Å². The second-order valence-electron chi connectivity index (χ2n) is 2.94. The molecule has 0 unspecified atom stereocenters. The van der Waals surface area contributed by atoms with E-state index in [2.05, 4.69) is 19.7 Å². The molecule has 0 saturated carbocycles. The lowest BCUT2D eigenvalue weighted by atomic mass is 10.3. The third kappa shape index (κ3) is 2.07. The minimum Gasteiger partial charge on any atom is -0.382 e. The van der Waals surface area contributed by atoms with Gasteiger partial charge in [0, 0.05) is 6.20 Å². The van der Waals surface area contributed by atoms with Gasteiger partial charge in [-0.05, 0) is 17.6 Å². The summed E-state index contributed by atoms with van der Waals surface area (Å²) in [6.07, 6.45) is 3.14. The SMILES string of the molecule is N#Cc1c(N)nsc1NCc1ccncn1. The second-order valence-corrected chi connectivity index (χ2v) is 3.71. The monoisotopic (exact) mass is 232 g/mol. The zero-order valence-corrected chi connectivity index (χ0v) is 9.03. The van der Waals surface area contributed by atoms with Crippen molar-refractivity contribution in [2.45, 2.75) is 6.54 Å². The molecule has 16 heavy (non-hydrogen) atoms. The van der Waals surface area contributed by atoms with Crippen LogP contribution in [0, 0.1) is 11.3 Å². The van der Waals surface area contributed by atoms with E-state index in [1.165, 1.54) is 17.9 Å². The van der Waals surface area contributed by atoms with Gasteiger partial charge in [0.1, 0.15) is 23.0 Å². The molecule has 0 radical (unpaired) electrons. The summed E-state index contributed by atoms with van der Waals surface area (Å²) in [7, 11) is 0. The lowest BCUT2D eigenvalue weighted by Crippen LogP contribution is -2.01. The van der Waals surface area contributed by atoms with E-state index in [-0.39, 0.29) is 5.82 Å². The summed E-state index contributed by atoms with van der Waals surface area (Å²) in [6.45, 7) is 0.513. The molecule has 0 spiro atoms. The first kappa shape index (κ1) is 10.3. The third-order valence-corrected chi connectivity index (χ3v) is 2.72. The highest BCUT2D eigenvalue weighted by Crippen LogP contribution is 2.25. The van der Waals surface area contributed by atoms with Crippen molar-refractivity contribution in [2.75, 3.05) is 11.1 Å². The Balaban J connectivity index is 2.09. The molecule has 0 aromatic carbocycles. The number of nitriles is 1. The standard InChI is InChI=1S/C9H8N6S/c10-3-7-8(11)15-16-9(7)13-4-6-1-2-12-5-14-6/h1-2,5,13H,4H2,(H2,11,15). The maximum Gasteiger partial charge on any atom is 0.157 e. The molecule has 2 aromatic rings. The molecule has 80 valence electrons. The Labute approximate surface area is 95.9 Å². The predicted molar refractivity (Wildman–Crippen MR) is 60.6 cm³/mol. The Bertz CT molecular complexity index is 515. The molecule has 3 N–H and O–H groups in total. The van der Waals surface area contributed by atoms with Crippen molar-refractivity contribution in [1.29, 1.82) is 5.26 Å². The molecule has 0 amide bonds. The number of nitrogens with two attached hydrogens (primary N) is 1. The Kier molecular flexibility index (Phi) is 2.93. The van der Waals surface area contributed by atoms with E-state index < -0.39 is 0 Å². The minimum absolute atomic E-state index is 0.262. The van der Waals surface area contributed by atoms with Crippen LogP contribution < -0.4 is 11.1 Å². The van der Waals surface area contributed by atoms with Crippen LogP contribution in [0.5, 0.6) is 0 Å². The van der Waals surface area contributed by atoms with Gasteiger partial charge in [0.15, 0.2) is 5.82 Å². The van der Waals surface area contributed by atoms with E-state index in [0.29, 0.717) is 17.1 Å². The van der Waals surface area contributed by atoms with E-state index >= 15 is 0 Å².